The van der Waals surface area contributed by atoms with Crippen LogP contribution in [0.5, 0.6) is 0 Å². The van der Waals surface area contributed by atoms with Crippen molar-refractivity contribution in [1.82, 2.24) is 10.6 Å². The summed E-state index contributed by atoms with van der Waals surface area (Å²) in [4.78, 5) is 31.9. The second-order valence-electron chi connectivity index (χ2n) is 3.88. The molecule has 3 unspecified atom stereocenters. The summed E-state index contributed by atoms with van der Waals surface area (Å²) < 4.78 is 4.92. The van der Waals surface area contributed by atoms with E-state index in [-0.39, 0.29) is 0 Å². The molecule has 3 atom stereocenters. The Kier molecular flexibility index (Phi) is 8.40. The lowest BCUT2D eigenvalue weighted by Crippen LogP contribution is -2.56. The maximum atomic E-state index is 10.9. The monoisotopic (exact) mass is 294 g/mol. The molecule has 20 heavy (non-hydrogen) atoms. The molecule has 0 saturated carbocycles. The first-order valence-corrected chi connectivity index (χ1v) is 5.61. The Bertz CT molecular complexity index is 348. The van der Waals surface area contributed by atoms with Gasteiger partial charge in [0.1, 0.15) is 12.3 Å². The van der Waals surface area contributed by atoms with Crippen molar-refractivity contribution in [2.75, 3.05) is 20.3 Å². The van der Waals surface area contributed by atoms with Gasteiger partial charge >= 0.3 is 17.9 Å². The summed E-state index contributed by atoms with van der Waals surface area (Å²) in [7, 11) is 1.21. The Balaban J connectivity index is 4.71. The summed E-state index contributed by atoms with van der Waals surface area (Å²) in [5, 5.41) is 40.0. The fourth-order valence-electron chi connectivity index (χ4n) is 1.42. The Morgan fingerprint density at radius 1 is 1.15 bits per heavy atom. The van der Waals surface area contributed by atoms with Gasteiger partial charge < -0.3 is 25.2 Å². The minimum absolute atomic E-state index is 0.469. The van der Waals surface area contributed by atoms with E-state index in [1.54, 1.807) is 0 Å². The number of carbonyl (C=O) groups is 3. The number of aliphatic hydroxyl groups is 1. The standard InChI is InChI=1S/C10H18N2O8/c1-20-9(6(4-13)11-3-8(16)17)12-5(10(18)19)2-7(14)15/h5-6,9,11-13H,2-4H2,1H3,(H,14,15)(H,16,17)(H,18,19). The molecule has 0 aliphatic heterocycles. The van der Waals surface area contributed by atoms with Gasteiger partial charge in [-0.15, -0.1) is 0 Å². The van der Waals surface area contributed by atoms with E-state index < -0.39 is 55.8 Å². The lowest BCUT2D eigenvalue weighted by molar-refractivity contribution is -0.147. The van der Waals surface area contributed by atoms with Crippen LogP contribution in [0.4, 0.5) is 0 Å². The van der Waals surface area contributed by atoms with Crippen LogP contribution >= 0.6 is 0 Å². The third kappa shape index (κ3) is 6.99. The average Bonchev–Trinajstić information content (AvgIpc) is 2.35. The molecule has 0 aromatic heterocycles. The van der Waals surface area contributed by atoms with E-state index in [0.717, 1.165) is 0 Å². The molecule has 0 heterocycles. The van der Waals surface area contributed by atoms with Gasteiger partial charge in [-0.25, -0.2) is 0 Å². The SMILES string of the molecule is COC(NC(CC(=O)O)C(=O)O)C(CO)NCC(=O)O. The maximum Gasteiger partial charge on any atom is 0.321 e. The van der Waals surface area contributed by atoms with Crippen molar-refractivity contribution in [3.8, 4) is 0 Å². The van der Waals surface area contributed by atoms with Crippen LogP contribution in [-0.4, -0.2) is 76.9 Å². The smallest absolute Gasteiger partial charge is 0.321 e. The molecule has 6 N–H and O–H groups in total. The molecule has 0 aliphatic carbocycles. The highest BCUT2D eigenvalue weighted by atomic mass is 16.5. The first-order chi connectivity index (χ1) is 9.31. The molecular weight excluding hydrogens is 276 g/mol. The van der Waals surface area contributed by atoms with Crippen molar-refractivity contribution >= 4 is 17.9 Å². The van der Waals surface area contributed by atoms with E-state index >= 15 is 0 Å². The molecule has 0 aliphatic rings. The normalized spacial score (nSPS) is 15.3. The Morgan fingerprint density at radius 3 is 2.10 bits per heavy atom. The molecule has 0 spiro atoms. The predicted octanol–water partition coefficient (Wildman–Crippen LogP) is -2.49. The van der Waals surface area contributed by atoms with Crippen molar-refractivity contribution < 1.29 is 39.5 Å². The zero-order valence-electron chi connectivity index (χ0n) is 10.8. The number of ether oxygens (including phenoxy) is 1. The molecule has 116 valence electrons. The molecule has 0 bridgehead atoms. The second kappa shape index (κ2) is 9.20. The number of hydrogen-bond acceptors (Lipinski definition) is 7. The highest BCUT2D eigenvalue weighted by Gasteiger charge is 2.28. The maximum absolute atomic E-state index is 10.9. The largest absolute Gasteiger partial charge is 0.481 e. The molecule has 0 amide bonds. The molecule has 10 heteroatoms. The van der Waals surface area contributed by atoms with E-state index in [9.17, 15) is 14.4 Å². The van der Waals surface area contributed by atoms with Gasteiger partial charge in [-0.1, -0.05) is 0 Å². The lowest BCUT2D eigenvalue weighted by Gasteiger charge is -2.28. The van der Waals surface area contributed by atoms with Gasteiger partial charge in [0.05, 0.1) is 25.6 Å². The van der Waals surface area contributed by atoms with E-state index in [1.165, 1.54) is 7.11 Å². The Morgan fingerprint density at radius 2 is 1.75 bits per heavy atom. The average molecular weight is 294 g/mol. The topological polar surface area (TPSA) is 165 Å². The highest BCUT2D eigenvalue weighted by Crippen LogP contribution is 2.01. The van der Waals surface area contributed by atoms with Crippen molar-refractivity contribution in [3.05, 3.63) is 0 Å². The minimum Gasteiger partial charge on any atom is -0.481 e. The van der Waals surface area contributed by atoms with E-state index in [2.05, 4.69) is 10.6 Å². The number of carboxylic acids is 3. The zero-order chi connectivity index (χ0) is 15.7. The number of aliphatic hydroxyl groups excluding tert-OH is 1. The van der Waals surface area contributed by atoms with Crippen LogP contribution in [-0.2, 0) is 19.1 Å². The van der Waals surface area contributed by atoms with Crippen LogP contribution in [0, 0.1) is 0 Å². The van der Waals surface area contributed by atoms with Crippen molar-refractivity contribution in [2.24, 2.45) is 0 Å². The van der Waals surface area contributed by atoms with E-state index in [1.807, 2.05) is 0 Å². The van der Waals surface area contributed by atoms with Gasteiger partial charge in [0, 0.05) is 7.11 Å². The number of nitrogens with one attached hydrogen (secondary N) is 2. The molecule has 0 rings (SSSR count). The fourth-order valence-corrected chi connectivity index (χ4v) is 1.42. The summed E-state index contributed by atoms with van der Waals surface area (Å²) >= 11 is 0. The Hall–Kier alpha value is -1.75. The molecule has 10 nitrogen and oxygen atoms in total. The summed E-state index contributed by atoms with van der Waals surface area (Å²) in [5.41, 5.74) is 0. The van der Waals surface area contributed by atoms with Gasteiger partial charge in [0.2, 0.25) is 0 Å². The van der Waals surface area contributed by atoms with E-state index in [4.69, 9.17) is 25.2 Å². The summed E-state index contributed by atoms with van der Waals surface area (Å²) in [6.07, 6.45) is -1.76. The minimum atomic E-state index is -1.43. The quantitative estimate of drug-likeness (QED) is 0.224. The van der Waals surface area contributed by atoms with Crippen molar-refractivity contribution in [1.29, 1.82) is 0 Å². The van der Waals surface area contributed by atoms with Crippen LogP contribution in [0.25, 0.3) is 0 Å². The van der Waals surface area contributed by atoms with Gasteiger partial charge in [-0.3, -0.25) is 25.0 Å². The number of hydrogen-bond donors (Lipinski definition) is 6. The van der Waals surface area contributed by atoms with Gasteiger partial charge in [-0.05, 0) is 0 Å². The first kappa shape index (κ1) is 18.2. The molecule has 0 saturated heterocycles. The predicted molar refractivity (Wildman–Crippen MR) is 64.1 cm³/mol. The highest BCUT2D eigenvalue weighted by molar-refractivity contribution is 5.80. The third-order valence-electron chi connectivity index (χ3n) is 2.37. The summed E-state index contributed by atoms with van der Waals surface area (Å²) in [6, 6.07) is -2.34. The van der Waals surface area contributed by atoms with Gasteiger partial charge in [0.15, 0.2) is 0 Å². The zero-order valence-corrected chi connectivity index (χ0v) is 10.8. The number of aliphatic carboxylic acids is 3. The third-order valence-corrected chi connectivity index (χ3v) is 2.37. The van der Waals surface area contributed by atoms with Crippen LogP contribution in [0.1, 0.15) is 6.42 Å². The molecule has 0 aromatic carbocycles. The van der Waals surface area contributed by atoms with Crippen LogP contribution in [0.15, 0.2) is 0 Å². The Labute approximate surface area is 114 Å². The number of methoxy groups -OCH3 is 1. The molecular formula is C10H18N2O8. The number of rotatable bonds is 11. The van der Waals surface area contributed by atoms with Crippen molar-refractivity contribution in [2.45, 2.75) is 24.7 Å². The first-order valence-electron chi connectivity index (χ1n) is 5.61. The number of carboxylic acid groups (broad SMARTS) is 3. The summed E-state index contributed by atoms with van der Waals surface area (Å²) in [6.45, 7) is -0.998. The molecule has 0 radical (unpaired) electrons. The van der Waals surface area contributed by atoms with Gasteiger partial charge in [0.25, 0.3) is 0 Å². The lowest BCUT2D eigenvalue weighted by atomic mass is 10.1. The summed E-state index contributed by atoms with van der Waals surface area (Å²) in [5.74, 6) is -3.89. The fraction of sp³-hybridized carbons (Fsp3) is 0.700. The van der Waals surface area contributed by atoms with E-state index in [0.29, 0.717) is 0 Å². The second-order valence-corrected chi connectivity index (χ2v) is 3.88. The van der Waals surface area contributed by atoms with Crippen molar-refractivity contribution in [3.63, 3.8) is 0 Å². The molecule has 0 fully saturated rings. The van der Waals surface area contributed by atoms with Gasteiger partial charge in [-0.2, -0.15) is 0 Å². The van der Waals surface area contributed by atoms with Crippen LogP contribution in [0.2, 0.25) is 0 Å². The van der Waals surface area contributed by atoms with Crippen LogP contribution in [0.3, 0.4) is 0 Å². The molecule has 0 aromatic rings. The van der Waals surface area contributed by atoms with Crippen LogP contribution < -0.4 is 10.6 Å².